The molecule has 0 amide bonds. The molecule has 1 aliphatic carbocycles. The first-order valence-electron chi connectivity index (χ1n) is 7.67. The Kier molecular flexibility index (Phi) is 4.39. The van der Waals surface area contributed by atoms with E-state index in [0.29, 0.717) is 12.2 Å². The van der Waals surface area contributed by atoms with Gasteiger partial charge in [-0.2, -0.15) is 0 Å². The molecule has 4 atom stereocenters. The minimum absolute atomic E-state index is 0.0183. The molecule has 2 saturated heterocycles. The van der Waals surface area contributed by atoms with Crippen molar-refractivity contribution in [3.8, 4) is 0 Å². The first-order valence-corrected chi connectivity index (χ1v) is 7.67. The van der Waals surface area contributed by atoms with Gasteiger partial charge in [0.15, 0.2) is 0 Å². The van der Waals surface area contributed by atoms with Crippen molar-refractivity contribution in [1.29, 1.82) is 0 Å². The third kappa shape index (κ3) is 4.68. The Balaban J connectivity index is 1.34. The van der Waals surface area contributed by atoms with Crippen LogP contribution in [-0.2, 0) is 9.47 Å². The van der Waals surface area contributed by atoms with Gasteiger partial charge in [0.1, 0.15) is 0 Å². The molecule has 0 aromatic heterocycles. The first-order chi connectivity index (χ1) is 9.23. The lowest BCUT2D eigenvalue weighted by Crippen LogP contribution is -2.53. The van der Waals surface area contributed by atoms with Crippen LogP contribution in [0.3, 0.4) is 0 Å². The third-order valence-electron chi connectivity index (χ3n) is 4.44. The fourth-order valence-corrected chi connectivity index (χ4v) is 3.16. The molecule has 0 spiro atoms. The standard InChI is InChI=1S/C14H27N3O2/c15-14(10-17-7-13-9-19-13)3-1-2-11(4-14)5-16-6-12-8-18-12/h11-13,16-17H,1-10,15H2. The lowest BCUT2D eigenvalue weighted by Gasteiger charge is -2.38. The molecule has 3 fully saturated rings. The van der Waals surface area contributed by atoms with Crippen LogP contribution >= 0.6 is 0 Å². The maximum absolute atomic E-state index is 6.54. The quantitative estimate of drug-likeness (QED) is 0.534. The Hall–Kier alpha value is -0.200. The number of nitrogens with one attached hydrogen (secondary N) is 2. The largest absolute Gasteiger partial charge is 0.372 e. The molecule has 0 bridgehead atoms. The van der Waals surface area contributed by atoms with Crippen molar-refractivity contribution < 1.29 is 9.47 Å². The molecular formula is C14H27N3O2. The fraction of sp³-hybridized carbons (Fsp3) is 1.00. The van der Waals surface area contributed by atoms with Gasteiger partial charge in [-0.25, -0.2) is 0 Å². The van der Waals surface area contributed by atoms with E-state index in [4.69, 9.17) is 15.2 Å². The Morgan fingerprint density at radius 1 is 1.05 bits per heavy atom. The number of nitrogens with two attached hydrogens (primary N) is 1. The summed E-state index contributed by atoms with van der Waals surface area (Å²) in [6.07, 6.45) is 5.76. The molecule has 0 aromatic carbocycles. The Bertz CT molecular complexity index is 294. The summed E-state index contributed by atoms with van der Waals surface area (Å²) in [5.41, 5.74) is 6.53. The van der Waals surface area contributed by atoms with Gasteiger partial charge in [0.2, 0.25) is 0 Å². The zero-order valence-electron chi connectivity index (χ0n) is 11.7. The Morgan fingerprint density at radius 2 is 1.74 bits per heavy atom. The average Bonchev–Trinajstić information content (AvgIpc) is 3.24. The van der Waals surface area contributed by atoms with Crippen LogP contribution in [0.15, 0.2) is 0 Å². The molecule has 110 valence electrons. The highest BCUT2D eigenvalue weighted by Crippen LogP contribution is 2.30. The van der Waals surface area contributed by atoms with Gasteiger partial charge in [-0.1, -0.05) is 6.42 Å². The summed E-state index contributed by atoms with van der Waals surface area (Å²) >= 11 is 0. The number of hydrogen-bond donors (Lipinski definition) is 3. The van der Waals surface area contributed by atoms with Crippen LogP contribution in [-0.4, -0.2) is 57.1 Å². The molecule has 0 aromatic rings. The van der Waals surface area contributed by atoms with Gasteiger partial charge in [0.25, 0.3) is 0 Å². The molecule has 3 aliphatic rings. The Morgan fingerprint density at radius 3 is 2.42 bits per heavy atom. The smallest absolute Gasteiger partial charge is 0.0933 e. The maximum Gasteiger partial charge on any atom is 0.0933 e. The maximum atomic E-state index is 6.54. The summed E-state index contributed by atoms with van der Waals surface area (Å²) in [6.45, 7) is 5.83. The zero-order valence-corrected chi connectivity index (χ0v) is 11.7. The van der Waals surface area contributed by atoms with Crippen molar-refractivity contribution in [3.05, 3.63) is 0 Å². The molecule has 3 rings (SSSR count). The van der Waals surface area contributed by atoms with Crippen molar-refractivity contribution >= 4 is 0 Å². The van der Waals surface area contributed by atoms with E-state index in [1.54, 1.807) is 0 Å². The van der Waals surface area contributed by atoms with Crippen LogP contribution in [0.25, 0.3) is 0 Å². The molecule has 4 unspecified atom stereocenters. The summed E-state index contributed by atoms with van der Waals surface area (Å²) in [5, 5.41) is 6.99. The highest BCUT2D eigenvalue weighted by atomic mass is 16.6. The molecule has 19 heavy (non-hydrogen) atoms. The summed E-state index contributed by atoms with van der Waals surface area (Å²) in [4.78, 5) is 0. The van der Waals surface area contributed by atoms with E-state index in [1.807, 2.05) is 0 Å². The highest BCUT2D eigenvalue weighted by Gasteiger charge is 2.33. The van der Waals surface area contributed by atoms with E-state index in [2.05, 4.69) is 10.6 Å². The number of epoxide rings is 2. The van der Waals surface area contributed by atoms with Crippen LogP contribution in [0.4, 0.5) is 0 Å². The highest BCUT2D eigenvalue weighted by molar-refractivity contribution is 4.93. The second-order valence-corrected chi connectivity index (χ2v) is 6.52. The number of ether oxygens (including phenoxy) is 2. The van der Waals surface area contributed by atoms with E-state index in [1.165, 1.54) is 12.8 Å². The van der Waals surface area contributed by atoms with E-state index >= 15 is 0 Å². The molecule has 1 saturated carbocycles. The molecule has 5 nitrogen and oxygen atoms in total. The Labute approximate surface area is 115 Å². The van der Waals surface area contributed by atoms with Gasteiger partial charge in [-0.3, -0.25) is 0 Å². The van der Waals surface area contributed by atoms with E-state index in [0.717, 1.165) is 58.2 Å². The summed E-state index contributed by atoms with van der Waals surface area (Å²) < 4.78 is 10.4. The predicted molar refractivity (Wildman–Crippen MR) is 74.1 cm³/mol. The van der Waals surface area contributed by atoms with Gasteiger partial charge in [-0.05, 0) is 31.7 Å². The van der Waals surface area contributed by atoms with Gasteiger partial charge in [0, 0.05) is 25.2 Å². The third-order valence-corrected chi connectivity index (χ3v) is 4.44. The van der Waals surface area contributed by atoms with Crippen molar-refractivity contribution in [2.45, 2.75) is 43.4 Å². The van der Waals surface area contributed by atoms with Crippen molar-refractivity contribution in [2.24, 2.45) is 11.7 Å². The molecule has 2 heterocycles. The van der Waals surface area contributed by atoms with Crippen LogP contribution in [0, 0.1) is 5.92 Å². The van der Waals surface area contributed by atoms with Crippen molar-refractivity contribution in [2.75, 3.05) is 39.4 Å². The SMILES string of the molecule is NC1(CNCC2CO2)CCCC(CNCC2CO2)C1. The van der Waals surface area contributed by atoms with Crippen molar-refractivity contribution in [3.63, 3.8) is 0 Å². The van der Waals surface area contributed by atoms with Crippen LogP contribution in [0.1, 0.15) is 25.7 Å². The molecule has 2 aliphatic heterocycles. The average molecular weight is 269 g/mol. The molecular weight excluding hydrogens is 242 g/mol. The van der Waals surface area contributed by atoms with E-state index in [-0.39, 0.29) is 5.54 Å². The fourth-order valence-electron chi connectivity index (χ4n) is 3.16. The summed E-state index contributed by atoms with van der Waals surface area (Å²) in [5.74, 6) is 0.719. The van der Waals surface area contributed by atoms with E-state index in [9.17, 15) is 0 Å². The lowest BCUT2D eigenvalue weighted by molar-refractivity contribution is 0.211. The predicted octanol–water partition coefficient (Wildman–Crippen LogP) is -0.149. The zero-order chi connectivity index (χ0) is 13.1. The van der Waals surface area contributed by atoms with Gasteiger partial charge < -0.3 is 25.8 Å². The summed E-state index contributed by atoms with van der Waals surface area (Å²) in [7, 11) is 0. The van der Waals surface area contributed by atoms with E-state index < -0.39 is 0 Å². The molecule has 0 radical (unpaired) electrons. The lowest BCUT2D eigenvalue weighted by atomic mass is 9.76. The normalized spacial score (nSPS) is 41.2. The summed E-state index contributed by atoms with van der Waals surface area (Å²) in [6, 6.07) is 0. The van der Waals surface area contributed by atoms with Crippen LogP contribution in [0.2, 0.25) is 0 Å². The minimum Gasteiger partial charge on any atom is -0.372 e. The first kappa shape index (κ1) is 13.8. The monoisotopic (exact) mass is 269 g/mol. The second kappa shape index (κ2) is 6.06. The topological polar surface area (TPSA) is 75.1 Å². The minimum atomic E-state index is -0.0183. The van der Waals surface area contributed by atoms with Crippen LogP contribution in [0.5, 0.6) is 0 Å². The second-order valence-electron chi connectivity index (χ2n) is 6.52. The van der Waals surface area contributed by atoms with Gasteiger partial charge in [0.05, 0.1) is 25.4 Å². The van der Waals surface area contributed by atoms with Crippen LogP contribution < -0.4 is 16.4 Å². The van der Waals surface area contributed by atoms with Crippen molar-refractivity contribution in [1.82, 2.24) is 10.6 Å². The molecule has 5 heteroatoms. The van der Waals surface area contributed by atoms with Gasteiger partial charge >= 0.3 is 0 Å². The molecule has 4 N–H and O–H groups in total. The number of rotatable bonds is 8. The van der Waals surface area contributed by atoms with Gasteiger partial charge in [-0.15, -0.1) is 0 Å². The number of hydrogen-bond acceptors (Lipinski definition) is 5.